The summed E-state index contributed by atoms with van der Waals surface area (Å²) in [5.41, 5.74) is 3.16. The number of aryl methyl sites for hydroxylation is 1. The number of rotatable bonds is 6. The quantitative estimate of drug-likeness (QED) is 0.869. The van der Waals surface area contributed by atoms with Gasteiger partial charge in [0.25, 0.3) is 0 Å². The number of fused-ring (bicyclic) bond motifs is 1. The Labute approximate surface area is 147 Å². The molecule has 3 rings (SSSR count). The fraction of sp³-hybridized carbons (Fsp3) is 0.350. The molecule has 0 saturated heterocycles. The molecule has 0 bridgehead atoms. The lowest BCUT2D eigenvalue weighted by molar-refractivity contribution is -0.116. The number of benzene rings is 2. The summed E-state index contributed by atoms with van der Waals surface area (Å²) in [7, 11) is 4.88. The van der Waals surface area contributed by atoms with E-state index in [1.807, 2.05) is 36.4 Å². The zero-order valence-electron chi connectivity index (χ0n) is 14.8. The van der Waals surface area contributed by atoms with Crippen LogP contribution in [-0.4, -0.2) is 27.2 Å². The smallest absolute Gasteiger partial charge is 0.224 e. The number of amides is 1. The predicted molar refractivity (Wildman–Crippen MR) is 96.8 cm³/mol. The highest BCUT2D eigenvalue weighted by Gasteiger charge is 2.27. The van der Waals surface area contributed by atoms with E-state index in [2.05, 4.69) is 5.32 Å². The zero-order valence-corrected chi connectivity index (χ0v) is 14.8. The summed E-state index contributed by atoms with van der Waals surface area (Å²) in [5.74, 6) is 2.37. The zero-order chi connectivity index (χ0) is 17.8. The lowest BCUT2D eigenvalue weighted by atomic mass is 9.97. The molecule has 1 atom stereocenters. The third-order valence-corrected chi connectivity index (χ3v) is 4.63. The van der Waals surface area contributed by atoms with E-state index in [1.54, 1.807) is 21.3 Å². The first-order valence-corrected chi connectivity index (χ1v) is 8.33. The molecule has 1 aliphatic carbocycles. The Bertz CT molecular complexity index is 772. The Balaban J connectivity index is 1.71. The maximum Gasteiger partial charge on any atom is 0.224 e. The van der Waals surface area contributed by atoms with Crippen LogP contribution in [0.1, 0.15) is 29.9 Å². The van der Waals surface area contributed by atoms with Crippen molar-refractivity contribution in [3.8, 4) is 17.2 Å². The molecular weight excluding hydrogens is 318 g/mol. The van der Waals surface area contributed by atoms with Gasteiger partial charge in [-0.1, -0.05) is 6.07 Å². The number of carbonyl (C=O) groups is 1. The number of anilines is 1. The fourth-order valence-electron chi connectivity index (χ4n) is 3.37. The highest BCUT2D eigenvalue weighted by atomic mass is 16.5. The van der Waals surface area contributed by atoms with Crippen molar-refractivity contribution >= 4 is 11.6 Å². The third kappa shape index (κ3) is 3.71. The van der Waals surface area contributed by atoms with E-state index in [-0.39, 0.29) is 11.8 Å². The molecule has 1 N–H and O–H groups in total. The van der Waals surface area contributed by atoms with E-state index in [1.165, 1.54) is 11.1 Å². The maximum absolute atomic E-state index is 12.4. The molecule has 1 unspecified atom stereocenters. The van der Waals surface area contributed by atoms with Crippen LogP contribution in [0.2, 0.25) is 0 Å². The lowest BCUT2D eigenvalue weighted by Crippen LogP contribution is -2.14. The Morgan fingerprint density at radius 2 is 1.84 bits per heavy atom. The van der Waals surface area contributed by atoms with E-state index in [9.17, 15) is 4.79 Å². The van der Waals surface area contributed by atoms with Gasteiger partial charge in [-0.05, 0) is 54.2 Å². The van der Waals surface area contributed by atoms with Crippen LogP contribution in [0, 0.1) is 0 Å². The first-order valence-electron chi connectivity index (χ1n) is 8.33. The topological polar surface area (TPSA) is 56.8 Å². The van der Waals surface area contributed by atoms with Gasteiger partial charge in [-0.25, -0.2) is 0 Å². The molecule has 0 saturated carbocycles. The van der Waals surface area contributed by atoms with Gasteiger partial charge >= 0.3 is 0 Å². The minimum atomic E-state index is 0.000822. The molecule has 0 aliphatic heterocycles. The maximum atomic E-state index is 12.4. The highest BCUT2D eigenvalue weighted by Crippen LogP contribution is 2.41. The monoisotopic (exact) mass is 341 g/mol. The van der Waals surface area contributed by atoms with Gasteiger partial charge in [0, 0.05) is 18.2 Å². The molecule has 2 aromatic rings. The average molecular weight is 341 g/mol. The van der Waals surface area contributed by atoms with E-state index >= 15 is 0 Å². The van der Waals surface area contributed by atoms with E-state index < -0.39 is 0 Å². The van der Waals surface area contributed by atoms with Gasteiger partial charge in [0.1, 0.15) is 5.75 Å². The highest BCUT2D eigenvalue weighted by molar-refractivity contribution is 5.91. The van der Waals surface area contributed by atoms with Crippen molar-refractivity contribution in [1.29, 1.82) is 0 Å². The average Bonchev–Trinajstić information content (AvgIpc) is 3.02. The molecule has 5 nitrogen and oxygen atoms in total. The summed E-state index contributed by atoms with van der Waals surface area (Å²) in [5, 5.41) is 2.95. The first kappa shape index (κ1) is 17.1. The van der Waals surface area contributed by atoms with Crippen molar-refractivity contribution in [3.63, 3.8) is 0 Å². The van der Waals surface area contributed by atoms with Gasteiger partial charge in [0.15, 0.2) is 11.5 Å². The molecule has 5 heteroatoms. The first-order chi connectivity index (χ1) is 12.1. The van der Waals surface area contributed by atoms with Crippen LogP contribution in [0.5, 0.6) is 17.2 Å². The van der Waals surface area contributed by atoms with Gasteiger partial charge in [-0.2, -0.15) is 0 Å². The predicted octanol–water partition coefficient (Wildman–Crippen LogP) is 3.77. The van der Waals surface area contributed by atoms with Crippen molar-refractivity contribution in [3.05, 3.63) is 47.5 Å². The van der Waals surface area contributed by atoms with Crippen molar-refractivity contribution in [2.75, 3.05) is 26.6 Å². The Morgan fingerprint density at radius 3 is 2.56 bits per heavy atom. The summed E-state index contributed by atoms with van der Waals surface area (Å²) in [6.07, 6.45) is 2.35. The van der Waals surface area contributed by atoms with Crippen LogP contribution in [0.3, 0.4) is 0 Å². The van der Waals surface area contributed by atoms with Crippen molar-refractivity contribution in [2.24, 2.45) is 0 Å². The van der Waals surface area contributed by atoms with Crippen LogP contribution in [0.25, 0.3) is 0 Å². The molecule has 1 amide bonds. The molecule has 2 aromatic carbocycles. The number of ether oxygens (including phenoxy) is 3. The molecule has 132 valence electrons. The van der Waals surface area contributed by atoms with Crippen LogP contribution in [0.15, 0.2) is 36.4 Å². The van der Waals surface area contributed by atoms with Crippen molar-refractivity contribution in [1.82, 2.24) is 0 Å². The van der Waals surface area contributed by atoms with Crippen molar-refractivity contribution in [2.45, 2.75) is 25.2 Å². The van der Waals surface area contributed by atoms with E-state index in [4.69, 9.17) is 14.2 Å². The van der Waals surface area contributed by atoms with Gasteiger partial charge in [-0.3, -0.25) is 4.79 Å². The van der Waals surface area contributed by atoms with Crippen LogP contribution >= 0.6 is 0 Å². The van der Waals surface area contributed by atoms with Gasteiger partial charge in [0.2, 0.25) is 5.91 Å². The van der Waals surface area contributed by atoms with Gasteiger partial charge in [-0.15, -0.1) is 0 Å². The molecule has 0 spiro atoms. The number of hydrogen-bond donors (Lipinski definition) is 1. The summed E-state index contributed by atoms with van der Waals surface area (Å²) in [4.78, 5) is 12.4. The van der Waals surface area contributed by atoms with Crippen LogP contribution in [0.4, 0.5) is 5.69 Å². The van der Waals surface area contributed by atoms with E-state index in [0.717, 1.165) is 30.0 Å². The van der Waals surface area contributed by atoms with Crippen LogP contribution in [-0.2, 0) is 11.2 Å². The minimum absolute atomic E-state index is 0.000822. The fourth-order valence-corrected chi connectivity index (χ4v) is 3.37. The van der Waals surface area contributed by atoms with E-state index in [0.29, 0.717) is 12.2 Å². The van der Waals surface area contributed by atoms with Crippen LogP contribution < -0.4 is 19.5 Å². The summed E-state index contributed by atoms with van der Waals surface area (Å²) in [6.45, 7) is 0. The Hall–Kier alpha value is -2.69. The molecule has 25 heavy (non-hydrogen) atoms. The minimum Gasteiger partial charge on any atom is -0.497 e. The molecule has 0 fully saturated rings. The second-order valence-corrected chi connectivity index (χ2v) is 6.13. The Kier molecular flexibility index (Phi) is 5.12. The van der Waals surface area contributed by atoms with Crippen molar-refractivity contribution < 1.29 is 19.0 Å². The standard InChI is InChI=1S/C20H23NO4/c1-23-16-6-4-5-15(11-16)21-20(22)10-14-8-7-13-9-18(24-2)19(25-3)12-17(13)14/h4-6,9,11-12,14H,7-8,10H2,1-3H3,(H,21,22). The number of hydrogen-bond acceptors (Lipinski definition) is 4. The second kappa shape index (κ2) is 7.47. The van der Waals surface area contributed by atoms with Gasteiger partial charge in [0.05, 0.1) is 21.3 Å². The normalized spacial score (nSPS) is 15.4. The lowest BCUT2D eigenvalue weighted by Gasteiger charge is -2.15. The molecule has 1 aliphatic rings. The van der Waals surface area contributed by atoms with Gasteiger partial charge < -0.3 is 19.5 Å². The molecular formula is C20H23NO4. The summed E-state index contributed by atoms with van der Waals surface area (Å²) >= 11 is 0. The Morgan fingerprint density at radius 1 is 1.08 bits per heavy atom. The summed E-state index contributed by atoms with van der Waals surface area (Å²) < 4.78 is 15.9. The number of methoxy groups -OCH3 is 3. The number of nitrogens with one attached hydrogen (secondary N) is 1. The number of carbonyl (C=O) groups excluding carboxylic acids is 1. The SMILES string of the molecule is COc1cccc(NC(=O)CC2CCc3cc(OC)c(OC)cc32)c1. The molecule has 0 radical (unpaired) electrons. The summed E-state index contributed by atoms with van der Waals surface area (Å²) in [6, 6.07) is 11.4. The molecule has 0 heterocycles. The third-order valence-electron chi connectivity index (χ3n) is 4.63. The second-order valence-electron chi connectivity index (χ2n) is 6.13. The largest absolute Gasteiger partial charge is 0.497 e. The molecule has 0 aromatic heterocycles.